The molecule has 45 valence electrons. The Morgan fingerprint density at radius 2 is 2.12 bits per heavy atom. The topological polar surface area (TPSA) is 38.9 Å². The molecule has 0 saturated carbocycles. The molecule has 0 aliphatic heterocycles. The van der Waals surface area contributed by atoms with Crippen LogP contribution in [-0.4, -0.2) is 4.98 Å². The molecule has 0 aliphatic carbocycles. The van der Waals surface area contributed by atoms with Gasteiger partial charge in [0.05, 0.1) is 0 Å². The SMILES string of the molecule is Nc1ccccn1.[Cu+2]. The van der Waals surface area contributed by atoms with Crippen molar-refractivity contribution in [3.63, 3.8) is 0 Å². The summed E-state index contributed by atoms with van der Waals surface area (Å²) in [5.41, 5.74) is 5.25. The zero-order chi connectivity index (χ0) is 5.11. The molecule has 2 N–H and O–H groups in total. The molecule has 0 aromatic carbocycles. The maximum Gasteiger partial charge on any atom is 2.00 e. The molecular formula is C5H6CuN2+2. The molecule has 1 aromatic heterocycles. The van der Waals surface area contributed by atoms with E-state index >= 15 is 0 Å². The summed E-state index contributed by atoms with van der Waals surface area (Å²) >= 11 is 0. The van der Waals surface area contributed by atoms with Crippen LogP contribution in [0.25, 0.3) is 0 Å². The van der Waals surface area contributed by atoms with Crippen LogP contribution in [0, 0.1) is 0 Å². The van der Waals surface area contributed by atoms with Crippen LogP contribution < -0.4 is 5.73 Å². The van der Waals surface area contributed by atoms with Gasteiger partial charge in [-0.3, -0.25) is 0 Å². The van der Waals surface area contributed by atoms with Crippen molar-refractivity contribution in [3.05, 3.63) is 24.4 Å². The first-order chi connectivity index (χ1) is 3.39. The molecule has 1 aromatic rings. The predicted octanol–water partition coefficient (Wildman–Crippen LogP) is 0.661. The smallest absolute Gasteiger partial charge is 0.384 e. The molecule has 8 heavy (non-hydrogen) atoms. The third-order valence-corrected chi connectivity index (χ3v) is 0.688. The summed E-state index contributed by atoms with van der Waals surface area (Å²) in [6.07, 6.45) is 1.66. The molecule has 1 rings (SSSR count). The normalized spacial score (nSPS) is 7.50. The Morgan fingerprint density at radius 1 is 1.38 bits per heavy atom. The maximum absolute atomic E-state index is 5.25. The van der Waals surface area contributed by atoms with Gasteiger partial charge in [0.25, 0.3) is 0 Å². The Balaban J connectivity index is 0.000000490. The van der Waals surface area contributed by atoms with E-state index < -0.39 is 0 Å². The van der Waals surface area contributed by atoms with Crippen molar-refractivity contribution in [3.8, 4) is 0 Å². The molecule has 2 nitrogen and oxygen atoms in total. The first-order valence-corrected chi connectivity index (χ1v) is 2.06. The zero-order valence-corrected chi connectivity index (χ0v) is 5.08. The number of nitrogens with zero attached hydrogens (tertiary/aromatic N) is 1. The summed E-state index contributed by atoms with van der Waals surface area (Å²) in [6.45, 7) is 0. The Morgan fingerprint density at radius 3 is 2.38 bits per heavy atom. The number of anilines is 1. The summed E-state index contributed by atoms with van der Waals surface area (Å²) in [7, 11) is 0. The Labute approximate surface area is 58.6 Å². The molecule has 0 bridgehead atoms. The zero-order valence-electron chi connectivity index (χ0n) is 4.14. The average molecular weight is 158 g/mol. The molecule has 0 spiro atoms. The van der Waals surface area contributed by atoms with Gasteiger partial charge in [0.1, 0.15) is 5.82 Å². The number of hydrogen-bond donors (Lipinski definition) is 1. The van der Waals surface area contributed by atoms with E-state index in [9.17, 15) is 0 Å². The molecule has 0 atom stereocenters. The molecule has 1 radical (unpaired) electrons. The van der Waals surface area contributed by atoms with Crippen molar-refractivity contribution in [2.45, 2.75) is 0 Å². The molecule has 0 saturated heterocycles. The number of rotatable bonds is 0. The van der Waals surface area contributed by atoms with E-state index in [1.54, 1.807) is 12.3 Å². The summed E-state index contributed by atoms with van der Waals surface area (Å²) in [6, 6.07) is 5.43. The minimum Gasteiger partial charge on any atom is -0.384 e. The number of nitrogens with two attached hydrogens (primary N) is 1. The fourth-order valence-electron chi connectivity index (χ4n) is 0.376. The second-order valence-corrected chi connectivity index (χ2v) is 1.25. The van der Waals surface area contributed by atoms with Crippen LogP contribution in [0.5, 0.6) is 0 Å². The maximum atomic E-state index is 5.25. The average Bonchev–Trinajstić information content (AvgIpc) is 1.69. The number of nitrogen functional groups attached to an aromatic ring is 1. The third-order valence-electron chi connectivity index (χ3n) is 0.688. The van der Waals surface area contributed by atoms with Gasteiger partial charge in [0.2, 0.25) is 0 Å². The minimum absolute atomic E-state index is 0. The van der Waals surface area contributed by atoms with Crippen LogP contribution in [0.1, 0.15) is 0 Å². The quantitative estimate of drug-likeness (QED) is 0.562. The summed E-state index contributed by atoms with van der Waals surface area (Å²) in [4.78, 5) is 3.76. The van der Waals surface area contributed by atoms with E-state index in [-0.39, 0.29) is 17.1 Å². The molecular weight excluding hydrogens is 152 g/mol. The van der Waals surface area contributed by atoms with Gasteiger partial charge in [0, 0.05) is 6.20 Å². The van der Waals surface area contributed by atoms with Gasteiger partial charge in [-0.05, 0) is 12.1 Å². The van der Waals surface area contributed by atoms with Gasteiger partial charge >= 0.3 is 17.1 Å². The first kappa shape index (κ1) is 7.47. The monoisotopic (exact) mass is 157 g/mol. The van der Waals surface area contributed by atoms with Crippen molar-refractivity contribution in [2.75, 3.05) is 5.73 Å². The van der Waals surface area contributed by atoms with E-state index in [1.165, 1.54) is 0 Å². The Kier molecular flexibility index (Phi) is 3.24. The fourth-order valence-corrected chi connectivity index (χ4v) is 0.376. The van der Waals surface area contributed by atoms with E-state index in [4.69, 9.17) is 5.73 Å². The largest absolute Gasteiger partial charge is 2.00 e. The molecule has 0 fully saturated rings. The fraction of sp³-hybridized carbons (Fsp3) is 0. The van der Waals surface area contributed by atoms with Crippen LogP contribution in [0.15, 0.2) is 24.4 Å². The Bertz CT molecular complexity index is 140. The molecule has 0 amide bonds. The molecule has 0 unspecified atom stereocenters. The van der Waals surface area contributed by atoms with Crippen molar-refractivity contribution < 1.29 is 17.1 Å². The van der Waals surface area contributed by atoms with Crippen LogP contribution in [-0.2, 0) is 17.1 Å². The van der Waals surface area contributed by atoms with Gasteiger partial charge in [-0.25, -0.2) is 4.98 Å². The van der Waals surface area contributed by atoms with Gasteiger partial charge in [0.15, 0.2) is 0 Å². The molecule has 3 heteroatoms. The van der Waals surface area contributed by atoms with Crippen LogP contribution in [0.3, 0.4) is 0 Å². The summed E-state index contributed by atoms with van der Waals surface area (Å²) < 4.78 is 0. The van der Waals surface area contributed by atoms with Crippen LogP contribution in [0.4, 0.5) is 5.82 Å². The molecule has 1 heterocycles. The van der Waals surface area contributed by atoms with Crippen molar-refractivity contribution in [2.24, 2.45) is 0 Å². The number of pyridine rings is 1. The molecule has 0 aliphatic rings. The second-order valence-electron chi connectivity index (χ2n) is 1.25. The van der Waals surface area contributed by atoms with E-state index in [2.05, 4.69) is 4.98 Å². The van der Waals surface area contributed by atoms with Gasteiger partial charge in [-0.1, -0.05) is 6.07 Å². The second kappa shape index (κ2) is 3.47. The summed E-state index contributed by atoms with van der Waals surface area (Å²) in [5, 5.41) is 0. The third kappa shape index (κ3) is 1.96. The van der Waals surface area contributed by atoms with Crippen LogP contribution >= 0.6 is 0 Å². The van der Waals surface area contributed by atoms with E-state index in [0.717, 1.165) is 0 Å². The van der Waals surface area contributed by atoms with Gasteiger partial charge in [-0.15, -0.1) is 0 Å². The number of hydrogen-bond acceptors (Lipinski definition) is 2. The van der Waals surface area contributed by atoms with E-state index in [0.29, 0.717) is 5.82 Å². The minimum atomic E-state index is 0. The van der Waals surface area contributed by atoms with Crippen molar-refractivity contribution in [1.29, 1.82) is 0 Å². The van der Waals surface area contributed by atoms with E-state index in [1.807, 2.05) is 12.1 Å². The van der Waals surface area contributed by atoms with Gasteiger partial charge < -0.3 is 5.73 Å². The first-order valence-electron chi connectivity index (χ1n) is 2.06. The predicted molar refractivity (Wildman–Crippen MR) is 28.6 cm³/mol. The Hall–Kier alpha value is -0.531. The number of aromatic nitrogens is 1. The summed E-state index contributed by atoms with van der Waals surface area (Å²) in [5.74, 6) is 0.572. The van der Waals surface area contributed by atoms with Gasteiger partial charge in [-0.2, -0.15) is 0 Å². The van der Waals surface area contributed by atoms with Crippen molar-refractivity contribution >= 4 is 5.82 Å². The standard InChI is InChI=1S/C5H6N2.Cu/c6-5-3-1-2-4-7-5;/h1-4H,(H2,6,7);/q;+2. The van der Waals surface area contributed by atoms with Crippen LogP contribution in [0.2, 0.25) is 0 Å². The van der Waals surface area contributed by atoms with Crippen molar-refractivity contribution in [1.82, 2.24) is 4.98 Å².